The number of hydrogen-bond donors (Lipinski definition) is 1. The van der Waals surface area contributed by atoms with Crippen LogP contribution in [-0.4, -0.2) is 32.6 Å². The van der Waals surface area contributed by atoms with E-state index in [4.69, 9.17) is 4.52 Å². The zero-order chi connectivity index (χ0) is 15.4. The van der Waals surface area contributed by atoms with Crippen molar-refractivity contribution in [2.75, 3.05) is 6.54 Å². The molecule has 3 aromatic heterocycles. The van der Waals surface area contributed by atoms with E-state index >= 15 is 0 Å². The molecule has 0 bridgehead atoms. The van der Waals surface area contributed by atoms with Gasteiger partial charge in [-0.3, -0.25) is 9.78 Å². The van der Waals surface area contributed by atoms with E-state index in [1.54, 1.807) is 29.9 Å². The lowest BCUT2D eigenvalue weighted by atomic mass is 10.2. The molecule has 0 aliphatic rings. The second-order valence-corrected chi connectivity index (χ2v) is 5.31. The number of aromatic nitrogens is 4. The van der Waals surface area contributed by atoms with Gasteiger partial charge < -0.3 is 9.84 Å². The number of nitrogens with one attached hydrogen (secondary N) is 1. The van der Waals surface area contributed by atoms with E-state index in [-0.39, 0.29) is 11.8 Å². The van der Waals surface area contributed by atoms with E-state index < -0.39 is 0 Å². The highest BCUT2D eigenvalue weighted by atomic mass is 32.1. The van der Waals surface area contributed by atoms with E-state index in [0.717, 1.165) is 12.0 Å². The van der Waals surface area contributed by atoms with E-state index in [0.29, 0.717) is 23.1 Å². The first kappa shape index (κ1) is 14.3. The first-order chi connectivity index (χ1) is 10.8. The van der Waals surface area contributed by atoms with Crippen LogP contribution in [0.15, 0.2) is 34.4 Å². The fourth-order valence-corrected chi connectivity index (χ4v) is 2.44. The fraction of sp³-hybridized carbons (Fsp3) is 0.214. The number of pyridine rings is 1. The predicted octanol–water partition coefficient (Wildman–Crippen LogP) is 2.39. The molecule has 0 fully saturated rings. The third-order valence-corrected chi connectivity index (χ3v) is 3.66. The van der Waals surface area contributed by atoms with Gasteiger partial charge in [0.05, 0.1) is 0 Å². The Morgan fingerprint density at radius 3 is 2.91 bits per heavy atom. The third kappa shape index (κ3) is 3.01. The van der Waals surface area contributed by atoms with Crippen LogP contribution in [0.5, 0.6) is 0 Å². The Bertz CT molecular complexity index is 768. The average Bonchev–Trinajstić information content (AvgIpc) is 3.22. The second-order valence-electron chi connectivity index (χ2n) is 4.45. The van der Waals surface area contributed by atoms with Gasteiger partial charge in [-0.15, -0.1) is 11.3 Å². The molecular formula is C14H13N5O2S. The topological polar surface area (TPSA) is 93.8 Å². The summed E-state index contributed by atoms with van der Waals surface area (Å²) in [5.74, 6) is 0.562. The number of amides is 1. The second kappa shape index (κ2) is 6.44. The Kier molecular flexibility index (Phi) is 4.19. The molecule has 0 atom stereocenters. The standard InChI is InChI=1S/C14H13N5O2S/c1-2-5-16-12(20)14-17-10(8-22-14)13-18-11(19-21-13)9-3-6-15-7-4-9/h3-4,6-8H,2,5H2,1H3,(H,16,20). The molecule has 112 valence electrons. The smallest absolute Gasteiger partial charge is 0.280 e. The molecule has 0 saturated heterocycles. The van der Waals surface area contributed by atoms with Crippen molar-refractivity contribution >= 4 is 17.2 Å². The number of hydrogen-bond acceptors (Lipinski definition) is 7. The minimum Gasteiger partial charge on any atom is -0.350 e. The molecule has 22 heavy (non-hydrogen) atoms. The molecule has 0 aliphatic heterocycles. The average molecular weight is 315 g/mol. The van der Waals surface area contributed by atoms with Gasteiger partial charge in [0, 0.05) is 29.9 Å². The minimum absolute atomic E-state index is 0.188. The van der Waals surface area contributed by atoms with Crippen LogP contribution in [0.3, 0.4) is 0 Å². The molecule has 7 nitrogen and oxygen atoms in total. The van der Waals surface area contributed by atoms with Gasteiger partial charge in [-0.2, -0.15) is 4.98 Å². The molecule has 0 unspecified atom stereocenters. The van der Waals surface area contributed by atoms with Crippen molar-refractivity contribution in [2.45, 2.75) is 13.3 Å². The molecule has 3 heterocycles. The number of carbonyl (C=O) groups excluding carboxylic acids is 1. The normalized spacial score (nSPS) is 10.6. The number of rotatable bonds is 5. The van der Waals surface area contributed by atoms with Gasteiger partial charge in [-0.25, -0.2) is 4.98 Å². The lowest BCUT2D eigenvalue weighted by Gasteiger charge is -1.98. The summed E-state index contributed by atoms with van der Waals surface area (Å²) in [4.78, 5) is 24.3. The molecule has 8 heteroatoms. The molecule has 1 amide bonds. The first-order valence-corrected chi connectivity index (χ1v) is 7.64. The van der Waals surface area contributed by atoms with E-state index in [1.807, 2.05) is 6.92 Å². The SMILES string of the molecule is CCCNC(=O)c1nc(-c2nc(-c3ccncc3)no2)cs1. The summed E-state index contributed by atoms with van der Waals surface area (Å²) in [6.07, 6.45) is 4.19. The summed E-state index contributed by atoms with van der Waals surface area (Å²) < 4.78 is 5.21. The third-order valence-electron chi connectivity index (χ3n) is 2.82. The van der Waals surface area contributed by atoms with Crippen LogP contribution in [-0.2, 0) is 0 Å². The van der Waals surface area contributed by atoms with Crippen LogP contribution in [0.1, 0.15) is 23.1 Å². The maximum Gasteiger partial charge on any atom is 0.280 e. The fourth-order valence-electron chi connectivity index (χ4n) is 1.74. The van der Waals surface area contributed by atoms with Crippen molar-refractivity contribution in [1.82, 2.24) is 25.4 Å². The Balaban J connectivity index is 1.80. The zero-order valence-corrected chi connectivity index (χ0v) is 12.6. The Labute approximate surface area is 130 Å². The van der Waals surface area contributed by atoms with Crippen molar-refractivity contribution in [3.8, 4) is 23.0 Å². The van der Waals surface area contributed by atoms with E-state index in [1.165, 1.54) is 11.3 Å². The van der Waals surface area contributed by atoms with Crippen LogP contribution >= 0.6 is 11.3 Å². The van der Waals surface area contributed by atoms with Gasteiger partial charge in [-0.1, -0.05) is 12.1 Å². The Hall–Kier alpha value is -2.61. The monoisotopic (exact) mass is 315 g/mol. The molecule has 0 aliphatic carbocycles. The lowest BCUT2D eigenvalue weighted by Crippen LogP contribution is -2.23. The largest absolute Gasteiger partial charge is 0.350 e. The van der Waals surface area contributed by atoms with Crippen LogP contribution in [0.2, 0.25) is 0 Å². The van der Waals surface area contributed by atoms with Gasteiger partial charge in [0.15, 0.2) is 5.01 Å². The number of nitrogens with zero attached hydrogens (tertiary/aromatic N) is 4. The van der Waals surface area contributed by atoms with Crippen LogP contribution in [0.25, 0.3) is 23.0 Å². The summed E-state index contributed by atoms with van der Waals surface area (Å²) in [7, 11) is 0. The molecule has 0 spiro atoms. The maximum atomic E-state index is 11.8. The molecule has 3 rings (SSSR count). The molecule has 1 N–H and O–H groups in total. The highest BCUT2D eigenvalue weighted by Crippen LogP contribution is 2.23. The summed E-state index contributed by atoms with van der Waals surface area (Å²) in [6, 6.07) is 3.58. The molecule has 3 aromatic rings. The van der Waals surface area contributed by atoms with Crippen molar-refractivity contribution < 1.29 is 9.32 Å². The summed E-state index contributed by atoms with van der Waals surface area (Å²) in [6.45, 7) is 2.62. The van der Waals surface area contributed by atoms with Crippen molar-refractivity contribution in [3.63, 3.8) is 0 Å². The van der Waals surface area contributed by atoms with Gasteiger partial charge in [0.2, 0.25) is 5.82 Å². The first-order valence-electron chi connectivity index (χ1n) is 6.76. The van der Waals surface area contributed by atoms with E-state index in [2.05, 4.69) is 25.4 Å². The molecule has 0 saturated carbocycles. The van der Waals surface area contributed by atoms with Crippen molar-refractivity contribution in [3.05, 3.63) is 34.9 Å². The quantitative estimate of drug-likeness (QED) is 0.777. The van der Waals surface area contributed by atoms with Gasteiger partial charge in [0.25, 0.3) is 11.8 Å². The Morgan fingerprint density at radius 1 is 1.32 bits per heavy atom. The summed E-state index contributed by atoms with van der Waals surface area (Å²) >= 11 is 1.25. The highest BCUT2D eigenvalue weighted by Gasteiger charge is 2.16. The molecular weight excluding hydrogens is 302 g/mol. The van der Waals surface area contributed by atoms with Gasteiger partial charge in [0.1, 0.15) is 5.69 Å². The van der Waals surface area contributed by atoms with Crippen LogP contribution in [0.4, 0.5) is 0 Å². The molecule has 0 aromatic carbocycles. The summed E-state index contributed by atoms with van der Waals surface area (Å²) in [5.41, 5.74) is 1.31. The van der Waals surface area contributed by atoms with Crippen LogP contribution < -0.4 is 5.32 Å². The van der Waals surface area contributed by atoms with Gasteiger partial charge >= 0.3 is 0 Å². The zero-order valence-electron chi connectivity index (χ0n) is 11.8. The summed E-state index contributed by atoms with van der Waals surface area (Å²) in [5, 5.41) is 8.81. The van der Waals surface area contributed by atoms with Crippen LogP contribution in [0, 0.1) is 0 Å². The highest BCUT2D eigenvalue weighted by molar-refractivity contribution is 7.12. The van der Waals surface area contributed by atoms with Crippen molar-refractivity contribution in [2.24, 2.45) is 0 Å². The van der Waals surface area contributed by atoms with E-state index in [9.17, 15) is 4.79 Å². The van der Waals surface area contributed by atoms with Gasteiger partial charge in [-0.05, 0) is 18.6 Å². The number of thiazole rings is 1. The Morgan fingerprint density at radius 2 is 2.14 bits per heavy atom. The molecule has 0 radical (unpaired) electrons. The predicted molar refractivity (Wildman–Crippen MR) is 81.3 cm³/mol. The van der Waals surface area contributed by atoms with Crippen molar-refractivity contribution in [1.29, 1.82) is 0 Å². The maximum absolute atomic E-state index is 11.8. The number of carbonyl (C=O) groups is 1. The minimum atomic E-state index is -0.188. The lowest BCUT2D eigenvalue weighted by molar-refractivity contribution is 0.0953.